The quantitative estimate of drug-likeness (QED) is 0.915. The van der Waals surface area contributed by atoms with Crippen LogP contribution in [0.25, 0.3) is 0 Å². The Bertz CT molecular complexity index is 630. The summed E-state index contributed by atoms with van der Waals surface area (Å²) in [4.78, 5) is 0. The molecule has 0 unspecified atom stereocenters. The van der Waals surface area contributed by atoms with Gasteiger partial charge in [-0.15, -0.1) is 0 Å². The summed E-state index contributed by atoms with van der Waals surface area (Å²) >= 11 is 12.0. The van der Waals surface area contributed by atoms with Crippen LogP contribution in [0.1, 0.15) is 17.2 Å². The molecule has 0 saturated heterocycles. The molecule has 2 atom stereocenters. The summed E-state index contributed by atoms with van der Waals surface area (Å²) in [6.45, 7) is 0. The molecule has 0 aliphatic heterocycles. The van der Waals surface area contributed by atoms with Gasteiger partial charge in [-0.3, -0.25) is 0 Å². The molecule has 4 heteroatoms. The second kappa shape index (κ2) is 5.65. The van der Waals surface area contributed by atoms with Gasteiger partial charge in [0.2, 0.25) is 0 Å². The highest BCUT2D eigenvalue weighted by molar-refractivity contribution is 6.42. The van der Waals surface area contributed by atoms with Gasteiger partial charge < -0.3 is 10.1 Å². The van der Waals surface area contributed by atoms with Gasteiger partial charge in [-0.25, -0.2) is 0 Å². The van der Waals surface area contributed by atoms with E-state index in [4.69, 9.17) is 27.9 Å². The molecule has 2 nitrogen and oxygen atoms in total. The number of likely N-dealkylation sites (N-methyl/N-ethyl adjacent to an activating group) is 1. The zero-order chi connectivity index (χ0) is 14.1. The first-order valence-electron chi connectivity index (χ1n) is 6.56. The number of rotatable bonds is 3. The van der Waals surface area contributed by atoms with Gasteiger partial charge in [-0.2, -0.15) is 0 Å². The Balaban J connectivity index is 1.90. The lowest BCUT2D eigenvalue weighted by atomic mass is 10.1. The predicted octanol–water partition coefficient (Wildman–Crippen LogP) is 4.26. The second-order valence-corrected chi connectivity index (χ2v) is 5.73. The van der Waals surface area contributed by atoms with Gasteiger partial charge >= 0.3 is 0 Å². The van der Waals surface area contributed by atoms with Crippen LogP contribution in [0.3, 0.4) is 0 Å². The monoisotopic (exact) mass is 307 g/mol. The van der Waals surface area contributed by atoms with Crippen molar-refractivity contribution >= 4 is 23.2 Å². The number of hydrogen-bond donors (Lipinski definition) is 1. The molecular formula is C16H15Cl2NO. The van der Waals surface area contributed by atoms with E-state index < -0.39 is 0 Å². The van der Waals surface area contributed by atoms with E-state index in [1.54, 1.807) is 12.1 Å². The van der Waals surface area contributed by atoms with Crippen molar-refractivity contribution in [2.45, 2.75) is 18.6 Å². The molecule has 3 rings (SSSR count). The van der Waals surface area contributed by atoms with Crippen LogP contribution in [0.4, 0.5) is 0 Å². The number of benzene rings is 2. The van der Waals surface area contributed by atoms with Crippen molar-refractivity contribution in [3.8, 4) is 5.75 Å². The van der Waals surface area contributed by atoms with Crippen LogP contribution in [0.15, 0.2) is 42.5 Å². The van der Waals surface area contributed by atoms with Crippen LogP contribution >= 0.6 is 23.2 Å². The Morgan fingerprint density at radius 3 is 2.65 bits per heavy atom. The third-order valence-electron chi connectivity index (χ3n) is 3.69. The van der Waals surface area contributed by atoms with Crippen LogP contribution in [-0.4, -0.2) is 13.1 Å². The molecule has 2 aromatic carbocycles. The third kappa shape index (κ3) is 2.51. The third-order valence-corrected chi connectivity index (χ3v) is 4.43. The molecular weight excluding hydrogens is 293 g/mol. The molecule has 0 fully saturated rings. The maximum atomic E-state index is 6.14. The van der Waals surface area contributed by atoms with Crippen molar-refractivity contribution < 1.29 is 4.74 Å². The van der Waals surface area contributed by atoms with Crippen LogP contribution in [0.5, 0.6) is 5.75 Å². The second-order valence-electron chi connectivity index (χ2n) is 4.91. The molecule has 2 aromatic rings. The van der Waals surface area contributed by atoms with Gasteiger partial charge in [-0.05, 0) is 36.7 Å². The van der Waals surface area contributed by atoms with Crippen LogP contribution in [0, 0.1) is 0 Å². The van der Waals surface area contributed by atoms with E-state index in [1.807, 2.05) is 19.2 Å². The smallest absolute Gasteiger partial charge is 0.140 e. The van der Waals surface area contributed by atoms with Gasteiger partial charge in [0, 0.05) is 6.07 Å². The fourth-order valence-corrected chi connectivity index (χ4v) is 2.94. The van der Waals surface area contributed by atoms with Gasteiger partial charge in [0.1, 0.15) is 11.9 Å². The van der Waals surface area contributed by atoms with Crippen molar-refractivity contribution in [1.82, 2.24) is 5.32 Å². The highest BCUT2D eigenvalue weighted by Gasteiger charge is 2.32. The maximum absolute atomic E-state index is 6.14. The van der Waals surface area contributed by atoms with E-state index in [0.717, 1.165) is 12.2 Å². The number of hydrogen-bond acceptors (Lipinski definition) is 2. The molecule has 0 radical (unpaired) electrons. The molecule has 0 spiro atoms. The molecule has 20 heavy (non-hydrogen) atoms. The van der Waals surface area contributed by atoms with E-state index in [0.29, 0.717) is 10.0 Å². The first-order chi connectivity index (χ1) is 9.69. The molecule has 1 aliphatic carbocycles. The SMILES string of the molecule is CN[C@H]1Cc2ccccc2[C@H]1Oc1ccc(Cl)c(Cl)c1. The van der Waals surface area contributed by atoms with E-state index >= 15 is 0 Å². The Labute approximate surface area is 128 Å². The zero-order valence-corrected chi connectivity index (χ0v) is 12.6. The molecule has 104 valence electrons. The summed E-state index contributed by atoms with van der Waals surface area (Å²) in [7, 11) is 1.96. The number of nitrogens with one attached hydrogen (secondary N) is 1. The molecule has 0 saturated carbocycles. The Kier molecular flexibility index (Phi) is 3.88. The largest absolute Gasteiger partial charge is 0.484 e. The van der Waals surface area contributed by atoms with Crippen molar-refractivity contribution in [3.05, 3.63) is 63.6 Å². The average Bonchev–Trinajstić information content (AvgIpc) is 2.81. The van der Waals surface area contributed by atoms with Gasteiger partial charge in [0.15, 0.2) is 0 Å². The molecule has 0 amide bonds. The van der Waals surface area contributed by atoms with Crippen molar-refractivity contribution in [1.29, 1.82) is 0 Å². The summed E-state index contributed by atoms with van der Waals surface area (Å²) in [6.07, 6.45) is 0.965. The van der Waals surface area contributed by atoms with Crippen LogP contribution in [0.2, 0.25) is 10.0 Å². The van der Waals surface area contributed by atoms with E-state index in [-0.39, 0.29) is 12.1 Å². The van der Waals surface area contributed by atoms with Crippen LogP contribution < -0.4 is 10.1 Å². The summed E-state index contributed by atoms with van der Waals surface area (Å²) in [5.41, 5.74) is 2.56. The minimum atomic E-state index is -0.00607. The van der Waals surface area contributed by atoms with E-state index in [2.05, 4.69) is 23.5 Å². The number of ether oxygens (including phenoxy) is 1. The Morgan fingerprint density at radius 1 is 1.10 bits per heavy atom. The fourth-order valence-electron chi connectivity index (χ4n) is 2.65. The molecule has 0 aromatic heterocycles. The molecule has 0 heterocycles. The zero-order valence-electron chi connectivity index (χ0n) is 11.1. The average molecular weight is 308 g/mol. The van der Waals surface area contributed by atoms with Gasteiger partial charge in [0.25, 0.3) is 0 Å². The normalized spacial score (nSPS) is 20.8. The van der Waals surface area contributed by atoms with Crippen molar-refractivity contribution in [3.63, 3.8) is 0 Å². The summed E-state index contributed by atoms with van der Waals surface area (Å²) in [5, 5.41) is 4.37. The lowest BCUT2D eigenvalue weighted by molar-refractivity contribution is 0.172. The van der Waals surface area contributed by atoms with Crippen molar-refractivity contribution in [2.75, 3.05) is 7.05 Å². The van der Waals surface area contributed by atoms with Gasteiger partial charge in [0.05, 0.1) is 16.1 Å². The standard InChI is InChI=1S/C16H15Cl2NO/c1-19-15-8-10-4-2-3-5-12(10)16(15)20-11-6-7-13(17)14(18)9-11/h2-7,9,15-16,19H,8H2,1H3/t15-,16+/m0/s1. The van der Waals surface area contributed by atoms with E-state index in [1.165, 1.54) is 11.1 Å². The first-order valence-corrected chi connectivity index (χ1v) is 7.31. The lowest BCUT2D eigenvalue weighted by Gasteiger charge is -2.22. The fraction of sp³-hybridized carbons (Fsp3) is 0.250. The van der Waals surface area contributed by atoms with Crippen LogP contribution in [-0.2, 0) is 6.42 Å². The predicted molar refractivity (Wildman–Crippen MR) is 82.8 cm³/mol. The molecule has 1 aliphatic rings. The maximum Gasteiger partial charge on any atom is 0.140 e. The minimum Gasteiger partial charge on any atom is -0.484 e. The lowest BCUT2D eigenvalue weighted by Crippen LogP contribution is -2.32. The minimum absolute atomic E-state index is 0.00607. The summed E-state index contributed by atoms with van der Waals surface area (Å²) in [5.74, 6) is 0.737. The Hall–Kier alpha value is -1.22. The van der Waals surface area contributed by atoms with Crippen molar-refractivity contribution in [2.24, 2.45) is 0 Å². The summed E-state index contributed by atoms with van der Waals surface area (Å²) in [6, 6.07) is 14.0. The highest BCUT2D eigenvalue weighted by atomic mass is 35.5. The number of fused-ring (bicyclic) bond motifs is 1. The Morgan fingerprint density at radius 2 is 1.90 bits per heavy atom. The molecule has 1 N–H and O–H groups in total. The topological polar surface area (TPSA) is 21.3 Å². The summed E-state index contributed by atoms with van der Waals surface area (Å²) < 4.78 is 6.14. The first kappa shape index (κ1) is 13.7. The van der Waals surface area contributed by atoms with Gasteiger partial charge in [-0.1, -0.05) is 47.5 Å². The van der Waals surface area contributed by atoms with E-state index in [9.17, 15) is 0 Å². The highest BCUT2D eigenvalue weighted by Crippen LogP contribution is 2.36. The molecule has 0 bridgehead atoms. The number of halogens is 2.